The summed E-state index contributed by atoms with van der Waals surface area (Å²) in [5, 5.41) is 9.60. The fourth-order valence-corrected chi connectivity index (χ4v) is 3.25. The average molecular weight is 316 g/mol. The second kappa shape index (κ2) is 5.03. The van der Waals surface area contributed by atoms with Gasteiger partial charge in [-0.1, -0.05) is 24.3 Å². The smallest absolute Gasteiger partial charge is 0.187 e. The Hall–Kier alpha value is -2.95. The zero-order valence-corrected chi connectivity index (χ0v) is 13.3. The topological polar surface area (TPSA) is 52.3 Å². The Morgan fingerprint density at radius 2 is 1.92 bits per heavy atom. The molecule has 0 spiro atoms. The van der Waals surface area contributed by atoms with E-state index in [2.05, 4.69) is 28.4 Å². The summed E-state index contributed by atoms with van der Waals surface area (Å²) in [4.78, 5) is 4.86. The highest BCUT2D eigenvalue weighted by atomic mass is 16.5. The van der Waals surface area contributed by atoms with Crippen LogP contribution in [-0.4, -0.2) is 26.7 Å². The van der Waals surface area contributed by atoms with Gasteiger partial charge in [-0.3, -0.25) is 4.40 Å². The molecule has 3 aromatic heterocycles. The highest BCUT2D eigenvalue weighted by molar-refractivity contribution is 5.88. The van der Waals surface area contributed by atoms with Crippen molar-refractivity contribution in [2.75, 3.05) is 7.11 Å². The molecule has 3 heterocycles. The van der Waals surface area contributed by atoms with Crippen LogP contribution in [0, 0.1) is 0 Å². The summed E-state index contributed by atoms with van der Waals surface area (Å²) in [6.07, 6.45) is 4.42. The van der Waals surface area contributed by atoms with Crippen LogP contribution < -0.4 is 4.74 Å². The van der Waals surface area contributed by atoms with Gasteiger partial charge in [-0.25, -0.2) is 4.98 Å². The second-order valence-corrected chi connectivity index (χ2v) is 6.18. The van der Waals surface area contributed by atoms with Crippen molar-refractivity contribution in [3.63, 3.8) is 0 Å². The lowest BCUT2D eigenvalue weighted by Crippen LogP contribution is -1.96. The van der Waals surface area contributed by atoms with E-state index in [-0.39, 0.29) is 0 Å². The zero-order chi connectivity index (χ0) is 16.1. The van der Waals surface area contributed by atoms with Crippen molar-refractivity contribution in [2.45, 2.75) is 18.8 Å². The van der Waals surface area contributed by atoms with Crippen molar-refractivity contribution in [1.82, 2.24) is 19.6 Å². The van der Waals surface area contributed by atoms with Crippen molar-refractivity contribution < 1.29 is 4.74 Å². The summed E-state index contributed by atoms with van der Waals surface area (Å²) in [5.41, 5.74) is 3.77. The van der Waals surface area contributed by atoms with Crippen LogP contribution in [0.15, 0.2) is 48.7 Å². The molecule has 0 bridgehead atoms. The average Bonchev–Trinajstić information content (AvgIpc) is 3.39. The summed E-state index contributed by atoms with van der Waals surface area (Å²) in [5.74, 6) is 2.25. The van der Waals surface area contributed by atoms with Crippen LogP contribution in [0.1, 0.15) is 24.3 Å². The van der Waals surface area contributed by atoms with Gasteiger partial charge < -0.3 is 4.74 Å². The van der Waals surface area contributed by atoms with Gasteiger partial charge in [0.1, 0.15) is 17.0 Å². The number of pyridine rings is 2. The molecule has 1 aromatic carbocycles. The van der Waals surface area contributed by atoms with Gasteiger partial charge in [-0.2, -0.15) is 0 Å². The van der Waals surface area contributed by atoms with E-state index in [0.29, 0.717) is 5.92 Å². The lowest BCUT2D eigenvalue weighted by Gasteiger charge is -2.11. The SMILES string of the molecule is COc1c(C2CC2)ccc2ccc(-c3nnc4ccccn34)nc12. The molecule has 4 aromatic rings. The predicted octanol–water partition coefficient (Wildman–Crippen LogP) is 3.83. The maximum Gasteiger partial charge on any atom is 0.187 e. The molecule has 5 nitrogen and oxygen atoms in total. The van der Waals surface area contributed by atoms with Crippen LogP contribution >= 0.6 is 0 Å². The Morgan fingerprint density at radius 1 is 1.04 bits per heavy atom. The van der Waals surface area contributed by atoms with Crippen LogP contribution in [0.2, 0.25) is 0 Å². The first-order chi connectivity index (χ1) is 11.8. The fourth-order valence-electron chi connectivity index (χ4n) is 3.25. The summed E-state index contributed by atoms with van der Waals surface area (Å²) < 4.78 is 7.66. The van der Waals surface area contributed by atoms with Gasteiger partial charge >= 0.3 is 0 Å². The summed E-state index contributed by atoms with van der Waals surface area (Å²) >= 11 is 0. The molecule has 1 fully saturated rings. The molecule has 118 valence electrons. The predicted molar refractivity (Wildman–Crippen MR) is 92.3 cm³/mol. The number of hydrogen-bond acceptors (Lipinski definition) is 4. The van der Waals surface area contributed by atoms with E-state index in [4.69, 9.17) is 9.72 Å². The number of hydrogen-bond donors (Lipinski definition) is 0. The number of fused-ring (bicyclic) bond motifs is 2. The minimum absolute atomic E-state index is 0.615. The molecular formula is C19H16N4O. The number of benzene rings is 1. The Labute approximate surface area is 138 Å². The monoisotopic (exact) mass is 316 g/mol. The highest BCUT2D eigenvalue weighted by Crippen LogP contribution is 2.46. The van der Waals surface area contributed by atoms with Gasteiger partial charge in [0, 0.05) is 11.6 Å². The van der Waals surface area contributed by atoms with Crippen molar-refractivity contribution in [3.8, 4) is 17.3 Å². The third kappa shape index (κ3) is 1.98. The minimum Gasteiger partial charge on any atom is -0.494 e. The molecule has 0 atom stereocenters. The van der Waals surface area contributed by atoms with E-state index in [1.54, 1.807) is 7.11 Å². The van der Waals surface area contributed by atoms with E-state index in [1.807, 2.05) is 34.9 Å². The molecule has 0 saturated heterocycles. The normalized spacial score (nSPS) is 14.4. The lowest BCUT2D eigenvalue weighted by atomic mass is 10.1. The molecule has 0 N–H and O–H groups in total. The lowest BCUT2D eigenvalue weighted by molar-refractivity contribution is 0.414. The third-order valence-electron chi connectivity index (χ3n) is 4.61. The molecule has 0 amide bonds. The van der Waals surface area contributed by atoms with Gasteiger partial charge in [-0.15, -0.1) is 10.2 Å². The van der Waals surface area contributed by atoms with Crippen molar-refractivity contribution in [3.05, 3.63) is 54.2 Å². The number of aromatic nitrogens is 4. The van der Waals surface area contributed by atoms with Crippen molar-refractivity contribution in [2.24, 2.45) is 0 Å². The molecule has 0 unspecified atom stereocenters. The first-order valence-corrected chi connectivity index (χ1v) is 8.13. The van der Waals surface area contributed by atoms with Crippen molar-refractivity contribution >= 4 is 16.6 Å². The Kier molecular flexibility index (Phi) is 2.82. The Morgan fingerprint density at radius 3 is 2.75 bits per heavy atom. The standard InChI is InChI=1S/C19H16N4O/c1-24-18-14(12-5-6-12)9-7-13-8-10-15(20-17(13)18)19-22-21-16-4-2-3-11-23(16)19/h2-4,7-12H,5-6H2,1H3. The molecule has 1 aliphatic carbocycles. The molecule has 1 saturated carbocycles. The van der Waals surface area contributed by atoms with Gasteiger partial charge in [-0.05, 0) is 42.5 Å². The number of ether oxygens (including phenoxy) is 1. The van der Waals surface area contributed by atoms with Crippen LogP contribution in [-0.2, 0) is 0 Å². The Balaban J connectivity index is 1.75. The minimum atomic E-state index is 0.615. The third-order valence-corrected chi connectivity index (χ3v) is 4.61. The molecule has 24 heavy (non-hydrogen) atoms. The van der Waals surface area contributed by atoms with Crippen LogP contribution in [0.25, 0.3) is 28.1 Å². The Bertz CT molecular complexity index is 1070. The molecule has 0 radical (unpaired) electrons. The van der Waals surface area contributed by atoms with Crippen LogP contribution in [0.5, 0.6) is 5.75 Å². The van der Waals surface area contributed by atoms with E-state index < -0.39 is 0 Å². The number of rotatable bonds is 3. The van der Waals surface area contributed by atoms with Crippen molar-refractivity contribution in [1.29, 1.82) is 0 Å². The van der Waals surface area contributed by atoms with E-state index in [9.17, 15) is 0 Å². The first kappa shape index (κ1) is 13.5. The zero-order valence-electron chi connectivity index (χ0n) is 13.3. The molecule has 1 aliphatic rings. The first-order valence-electron chi connectivity index (χ1n) is 8.13. The summed E-state index contributed by atoms with van der Waals surface area (Å²) in [7, 11) is 1.72. The van der Waals surface area contributed by atoms with Crippen LogP contribution in [0.3, 0.4) is 0 Å². The van der Waals surface area contributed by atoms with Gasteiger partial charge in [0.2, 0.25) is 0 Å². The van der Waals surface area contributed by atoms with Gasteiger partial charge in [0.25, 0.3) is 0 Å². The van der Waals surface area contributed by atoms with Crippen LogP contribution in [0.4, 0.5) is 0 Å². The second-order valence-electron chi connectivity index (χ2n) is 6.18. The fraction of sp³-hybridized carbons (Fsp3) is 0.211. The molecule has 5 heteroatoms. The summed E-state index contributed by atoms with van der Waals surface area (Å²) in [6.45, 7) is 0. The highest BCUT2D eigenvalue weighted by Gasteiger charge is 2.28. The van der Waals surface area contributed by atoms with E-state index in [0.717, 1.165) is 33.8 Å². The summed E-state index contributed by atoms with van der Waals surface area (Å²) in [6, 6.07) is 14.2. The number of methoxy groups -OCH3 is 1. The van der Waals surface area contributed by atoms with E-state index >= 15 is 0 Å². The van der Waals surface area contributed by atoms with Gasteiger partial charge in [0.05, 0.1) is 7.11 Å². The maximum atomic E-state index is 5.71. The largest absolute Gasteiger partial charge is 0.494 e. The van der Waals surface area contributed by atoms with Gasteiger partial charge in [0.15, 0.2) is 11.5 Å². The number of nitrogens with zero attached hydrogens (tertiary/aromatic N) is 4. The quantitative estimate of drug-likeness (QED) is 0.576. The molecule has 5 rings (SSSR count). The maximum absolute atomic E-state index is 5.71. The molecular weight excluding hydrogens is 300 g/mol. The van der Waals surface area contributed by atoms with E-state index in [1.165, 1.54) is 18.4 Å². The molecule has 0 aliphatic heterocycles.